The summed E-state index contributed by atoms with van der Waals surface area (Å²) in [5.74, 6) is 1.04. The molecule has 5 nitrogen and oxygen atoms in total. The maximum atomic E-state index is 12.1. The highest BCUT2D eigenvalue weighted by Crippen LogP contribution is 2.22. The summed E-state index contributed by atoms with van der Waals surface area (Å²) in [6, 6.07) is 3.74. The molecule has 0 amide bonds. The number of aliphatic hydroxyl groups excluding tert-OH is 1. The van der Waals surface area contributed by atoms with E-state index in [1.165, 1.54) is 0 Å². The van der Waals surface area contributed by atoms with Gasteiger partial charge in [0.25, 0.3) is 0 Å². The first-order valence-corrected chi connectivity index (χ1v) is 6.37. The van der Waals surface area contributed by atoms with Gasteiger partial charge < -0.3 is 15.3 Å². The lowest BCUT2D eigenvalue weighted by molar-refractivity contribution is -0.201. The van der Waals surface area contributed by atoms with E-state index < -0.39 is 18.8 Å². The van der Waals surface area contributed by atoms with Crippen molar-refractivity contribution >= 4 is 5.82 Å². The van der Waals surface area contributed by atoms with Crippen LogP contribution in [0.4, 0.5) is 19.0 Å². The van der Waals surface area contributed by atoms with Crippen molar-refractivity contribution in [1.29, 1.82) is 0 Å². The van der Waals surface area contributed by atoms with Gasteiger partial charge in [-0.15, -0.1) is 5.10 Å². The molecule has 1 atom stereocenters. The normalized spacial score (nSPS) is 17.9. The Kier molecular flexibility index (Phi) is 4.44. The van der Waals surface area contributed by atoms with Crippen LogP contribution in [0.25, 0.3) is 0 Å². The van der Waals surface area contributed by atoms with E-state index in [1.807, 2.05) is 24.0 Å². The third kappa shape index (κ3) is 3.80. The molecule has 1 aliphatic heterocycles. The number of alkyl halides is 3. The molecule has 0 radical (unpaired) electrons. The molecule has 0 aliphatic carbocycles. The summed E-state index contributed by atoms with van der Waals surface area (Å²) >= 11 is 0. The van der Waals surface area contributed by atoms with Crippen molar-refractivity contribution in [3.63, 3.8) is 0 Å². The van der Waals surface area contributed by atoms with Crippen molar-refractivity contribution in [2.24, 2.45) is 5.92 Å². The summed E-state index contributed by atoms with van der Waals surface area (Å²) in [6.07, 6.45) is -6.86. The first-order chi connectivity index (χ1) is 9.36. The zero-order chi connectivity index (χ0) is 14.8. The van der Waals surface area contributed by atoms with Crippen LogP contribution in [0.2, 0.25) is 0 Å². The summed E-state index contributed by atoms with van der Waals surface area (Å²) in [6.45, 7) is 3.29. The van der Waals surface area contributed by atoms with Gasteiger partial charge in [-0.2, -0.15) is 18.3 Å². The third-order valence-electron chi connectivity index (χ3n) is 3.21. The molecule has 0 bridgehead atoms. The van der Waals surface area contributed by atoms with Gasteiger partial charge in [-0.25, -0.2) is 0 Å². The summed E-state index contributed by atoms with van der Waals surface area (Å²) < 4.78 is 36.2. The molecule has 1 aromatic heterocycles. The van der Waals surface area contributed by atoms with E-state index in [4.69, 9.17) is 5.11 Å². The van der Waals surface area contributed by atoms with Crippen LogP contribution >= 0.6 is 0 Å². The summed E-state index contributed by atoms with van der Waals surface area (Å²) in [5, 5.41) is 19.5. The molecule has 8 heteroatoms. The molecule has 1 fully saturated rings. The molecule has 112 valence electrons. The second-order valence-corrected chi connectivity index (χ2v) is 5.02. The summed E-state index contributed by atoms with van der Waals surface area (Å²) in [4.78, 5) is 2.01. The maximum absolute atomic E-state index is 12.1. The summed E-state index contributed by atoms with van der Waals surface area (Å²) in [5.41, 5.74) is 0.841. The first kappa shape index (κ1) is 15.0. The van der Waals surface area contributed by atoms with Crippen molar-refractivity contribution < 1.29 is 18.3 Å². The summed E-state index contributed by atoms with van der Waals surface area (Å²) in [7, 11) is 0. The van der Waals surface area contributed by atoms with Gasteiger partial charge in [-0.1, -0.05) is 0 Å². The SMILES string of the molecule is Cc1ccc(N2CC(CNCC(O)C(F)(F)F)C2)nn1. The van der Waals surface area contributed by atoms with Crippen molar-refractivity contribution in [3.05, 3.63) is 17.8 Å². The number of hydrogen-bond donors (Lipinski definition) is 2. The lowest BCUT2D eigenvalue weighted by Crippen LogP contribution is -2.52. The second kappa shape index (κ2) is 5.92. The van der Waals surface area contributed by atoms with E-state index in [1.54, 1.807) is 0 Å². The van der Waals surface area contributed by atoms with Crippen molar-refractivity contribution in [2.45, 2.75) is 19.2 Å². The Morgan fingerprint density at radius 3 is 2.65 bits per heavy atom. The Labute approximate surface area is 114 Å². The number of nitrogens with zero attached hydrogens (tertiary/aromatic N) is 3. The van der Waals surface area contributed by atoms with Crippen LogP contribution in [0.1, 0.15) is 5.69 Å². The minimum Gasteiger partial charge on any atom is -0.382 e. The van der Waals surface area contributed by atoms with Gasteiger partial charge in [0, 0.05) is 32.1 Å². The smallest absolute Gasteiger partial charge is 0.382 e. The Bertz CT molecular complexity index is 431. The molecule has 1 saturated heterocycles. The number of halogens is 3. The topological polar surface area (TPSA) is 61.3 Å². The Morgan fingerprint density at radius 1 is 1.40 bits per heavy atom. The molecule has 20 heavy (non-hydrogen) atoms. The highest BCUT2D eigenvalue weighted by molar-refractivity contribution is 5.40. The van der Waals surface area contributed by atoms with Crippen molar-refractivity contribution in [2.75, 3.05) is 31.1 Å². The van der Waals surface area contributed by atoms with Crippen LogP contribution in [0.15, 0.2) is 12.1 Å². The largest absolute Gasteiger partial charge is 0.415 e. The Hall–Kier alpha value is -1.41. The molecule has 2 heterocycles. The predicted molar refractivity (Wildman–Crippen MR) is 67.4 cm³/mol. The van der Waals surface area contributed by atoms with Gasteiger partial charge in [0.1, 0.15) is 0 Å². The predicted octanol–water partition coefficient (Wildman–Crippen LogP) is 0.734. The lowest BCUT2D eigenvalue weighted by Gasteiger charge is -2.40. The fourth-order valence-corrected chi connectivity index (χ4v) is 1.99. The van der Waals surface area contributed by atoms with E-state index in [0.29, 0.717) is 6.54 Å². The zero-order valence-electron chi connectivity index (χ0n) is 11.1. The molecule has 2 N–H and O–H groups in total. The average Bonchev–Trinajstić information content (AvgIpc) is 2.32. The minimum atomic E-state index is -4.56. The number of rotatable bonds is 5. The lowest BCUT2D eigenvalue weighted by atomic mass is 10.0. The molecule has 0 saturated carbocycles. The molecule has 0 aromatic carbocycles. The van der Waals surface area contributed by atoms with Crippen molar-refractivity contribution in [3.8, 4) is 0 Å². The highest BCUT2D eigenvalue weighted by Gasteiger charge is 2.38. The van der Waals surface area contributed by atoms with Crippen LogP contribution in [-0.2, 0) is 0 Å². The number of nitrogens with one attached hydrogen (secondary N) is 1. The van der Waals surface area contributed by atoms with Gasteiger partial charge in [0.15, 0.2) is 11.9 Å². The van der Waals surface area contributed by atoms with Gasteiger partial charge in [0.2, 0.25) is 0 Å². The number of aromatic nitrogens is 2. The fraction of sp³-hybridized carbons (Fsp3) is 0.667. The van der Waals surface area contributed by atoms with E-state index in [2.05, 4.69) is 15.5 Å². The number of hydrogen-bond acceptors (Lipinski definition) is 5. The molecular weight excluding hydrogens is 273 g/mol. The molecular formula is C12H17F3N4O. The van der Waals surface area contributed by atoms with Crippen LogP contribution in [0.5, 0.6) is 0 Å². The van der Waals surface area contributed by atoms with Gasteiger partial charge >= 0.3 is 6.18 Å². The Morgan fingerprint density at radius 2 is 2.10 bits per heavy atom. The monoisotopic (exact) mass is 290 g/mol. The van der Waals surface area contributed by atoms with E-state index in [0.717, 1.165) is 24.6 Å². The second-order valence-electron chi connectivity index (χ2n) is 5.02. The number of aryl methyl sites for hydroxylation is 1. The van der Waals surface area contributed by atoms with Crippen LogP contribution in [0.3, 0.4) is 0 Å². The number of anilines is 1. The van der Waals surface area contributed by atoms with E-state index >= 15 is 0 Å². The van der Waals surface area contributed by atoms with Crippen molar-refractivity contribution in [1.82, 2.24) is 15.5 Å². The average molecular weight is 290 g/mol. The van der Waals surface area contributed by atoms with E-state index in [-0.39, 0.29) is 5.92 Å². The van der Waals surface area contributed by atoms with E-state index in [9.17, 15) is 13.2 Å². The fourth-order valence-electron chi connectivity index (χ4n) is 1.99. The molecule has 0 spiro atoms. The zero-order valence-corrected chi connectivity index (χ0v) is 11.1. The van der Waals surface area contributed by atoms with Gasteiger partial charge in [-0.05, 0) is 19.1 Å². The maximum Gasteiger partial charge on any atom is 0.415 e. The molecule has 1 aliphatic rings. The van der Waals surface area contributed by atoms with Crippen LogP contribution in [-0.4, -0.2) is 53.8 Å². The van der Waals surface area contributed by atoms with Gasteiger partial charge in [-0.3, -0.25) is 0 Å². The van der Waals surface area contributed by atoms with Gasteiger partial charge in [0.05, 0.1) is 5.69 Å². The van der Waals surface area contributed by atoms with Crippen LogP contribution < -0.4 is 10.2 Å². The quantitative estimate of drug-likeness (QED) is 0.837. The van der Waals surface area contributed by atoms with Crippen LogP contribution in [0, 0.1) is 12.8 Å². The molecule has 1 unspecified atom stereocenters. The standard InChI is InChI=1S/C12H17F3N4O/c1-8-2-3-11(18-17-8)19-6-9(7-19)4-16-5-10(20)12(13,14)15/h2-3,9-10,16,20H,4-7H2,1H3. The highest BCUT2D eigenvalue weighted by atomic mass is 19.4. The third-order valence-corrected chi connectivity index (χ3v) is 3.21. The molecule has 1 aromatic rings. The first-order valence-electron chi connectivity index (χ1n) is 6.37. The number of aliphatic hydroxyl groups is 1. The Balaban J connectivity index is 1.66. The minimum absolute atomic E-state index is 0.263. The molecule has 2 rings (SSSR count).